The van der Waals surface area contributed by atoms with Crippen molar-refractivity contribution < 1.29 is 17.6 Å². The Kier molecular flexibility index (Phi) is 5.21. The van der Waals surface area contributed by atoms with Gasteiger partial charge in [-0.25, -0.2) is 8.42 Å². The van der Waals surface area contributed by atoms with Crippen molar-refractivity contribution in [1.82, 2.24) is 10.0 Å². The van der Waals surface area contributed by atoms with E-state index in [1.807, 2.05) is 19.9 Å². The molecule has 2 N–H and O–H groups in total. The number of carbonyl (C=O) groups excluding carboxylic acids is 1. The zero-order chi connectivity index (χ0) is 20.6. The van der Waals surface area contributed by atoms with Crippen molar-refractivity contribution in [3.63, 3.8) is 0 Å². The molecule has 0 saturated carbocycles. The summed E-state index contributed by atoms with van der Waals surface area (Å²) in [5, 5.41) is 3.10. The molecule has 1 aromatic carbocycles. The average molecular weight is 416 g/mol. The maximum Gasteiger partial charge on any atom is 0.263 e. The van der Waals surface area contributed by atoms with Crippen LogP contribution in [0.1, 0.15) is 56.0 Å². The van der Waals surface area contributed by atoms with Gasteiger partial charge in [-0.2, -0.15) is 0 Å². The molecule has 29 heavy (non-hydrogen) atoms. The number of furan rings is 1. The van der Waals surface area contributed by atoms with Crippen LogP contribution < -0.4 is 10.0 Å². The van der Waals surface area contributed by atoms with Gasteiger partial charge in [0.25, 0.3) is 10.0 Å². The van der Waals surface area contributed by atoms with Crippen molar-refractivity contribution in [2.75, 3.05) is 0 Å². The third-order valence-electron chi connectivity index (χ3n) is 5.31. The van der Waals surface area contributed by atoms with E-state index < -0.39 is 16.1 Å². The summed E-state index contributed by atoms with van der Waals surface area (Å²) < 4.78 is 32.7. The number of rotatable bonds is 5. The van der Waals surface area contributed by atoms with Gasteiger partial charge in [0.2, 0.25) is 5.91 Å². The molecular weight excluding hydrogens is 390 g/mol. The van der Waals surface area contributed by atoms with E-state index in [9.17, 15) is 13.2 Å². The highest BCUT2D eigenvalue weighted by molar-refractivity contribution is 7.90. The molecule has 0 spiro atoms. The molecule has 2 aromatic rings. The summed E-state index contributed by atoms with van der Waals surface area (Å²) in [4.78, 5) is 17.9. The number of fused-ring (bicyclic) bond motifs is 2. The lowest BCUT2D eigenvalue weighted by Gasteiger charge is -2.25. The van der Waals surface area contributed by atoms with Gasteiger partial charge in [-0.15, -0.1) is 0 Å². The van der Waals surface area contributed by atoms with E-state index in [2.05, 4.69) is 15.0 Å². The number of carbonyl (C=O) groups is 1. The van der Waals surface area contributed by atoms with Crippen molar-refractivity contribution >= 4 is 21.8 Å². The first kappa shape index (κ1) is 19.7. The number of nitrogens with zero attached hydrogens (tertiary/aromatic N) is 1. The summed E-state index contributed by atoms with van der Waals surface area (Å²) >= 11 is 0. The van der Waals surface area contributed by atoms with E-state index >= 15 is 0 Å². The molecule has 0 radical (unpaired) electrons. The van der Waals surface area contributed by atoms with Crippen LogP contribution in [0.4, 0.5) is 0 Å². The van der Waals surface area contributed by atoms with Gasteiger partial charge in [-0.1, -0.05) is 26.0 Å². The maximum atomic E-state index is 13.1. The van der Waals surface area contributed by atoms with E-state index in [0.29, 0.717) is 12.0 Å². The number of sulfonamides is 1. The van der Waals surface area contributed by atoms with Gasteiger partial charge in [-0.05, 0) is 43.4 Å². The second-order valence-corrected chi connectivity index (χ2v) is 9.63. The van der Waals surface area contributed by atoms with E-state index in [0.717, 1.165) is 30.6 Å². The van der Waals surface area contributed by atoms with E-state index in [1.54, 1.807) is 30.5 Å². The molecule has 1 amide bonds. The molecule has 1 aliphatic heterocycles. The Morgan fingerprint density at radius 2 is 2.10 bits per heavy atom. The standard InChI is InChI=1S/C21H25N3O4S/c1-13(2)12-17(21(25)23-16-7-5-8-18-14(16)10-11-28-18)22-20-15-6-3-4-9-19(15)29(26,27)24-20/h3-4,6,9-11,13,16-17H,5,7-8,12H2,1-2H3,(H,22,24)(H,23,25). The third kappa shape index (κ3) is 3.94. The Bertz CT molecular complexity index is 1060. The Hall–Kier alpha value is -2.61. The lowest BCUT2D eigenvalue weighted by atomic mass is 9.93. The topological polar surface area (TPSA) is 101 Å². The summed E-state index contributed by atoms with van der Waals surface area (Å²) in [5.41, 5.74) is 1.52. The molecule has 0 fully saturated rings. The van der Waals surface area contributed by atoms with Crippen LogP contribution in [0, 0.1) is 5.92 Å². The monoisotopic (exact) mass is 415 g/mol. The summed E-state index contributed by atoms with van der Waals surface area (Å²) in [6.07, 6.45) is 4.85. The van der Waals surface area contributed by atoms with Crippen LogP contribution in [0.5, 0.6) is 0 Å². The normalized spacial score (nSPS) is 22.0. The number of aliphatic imine (C=N–C) groups is 1. The highest BCUT2D eigenvalue weighted by atomic mass is 32.2. The third-order valence-corrected chi connectivity index (χ3v) is 6.71. The number of aryl methyl sites for hydroxylation is 1. The Labute approximate surface area is 170 Å². The van der Waals surface area contributed by atoms with Gasteiger partial charge >= 0.3 is 0 Å². The van der Waals surface area contributed by atoms with E-state index in [4.69, 9.17) is 4.42 Å². The first-order chi connectivity index (χ1) is 13.8. The van der Waals surface area contributed by atoms with Gasteiger partial charge in [0.1, 0.15) is 17.6 Å². The number of benzene rings is 1. The fourth-order valence-corrected chi connectivity index (χ4v) is 5.19. The van der Waals surface area contributed by atoms with Gasteiger partial charge in [-0.3, -0.25) is 14.5 Å². The lowest BCUT2D eigenvalue weighted by Crippen LogP contribution is -2.39. The predicted octanol–water partition coefficient (Wildman–Crippen LogP) is 2.93. The number of hydrogen-bond acceptors (Lipinski definition) is 5. The van der Waals surface area contributed by atoms with Crippen molar-refractivity contribution in [3.8, 4) is 0 Å². The molecule has 1 aliphatic carbocycles. The fraction of sp³-hybridized carbons (Fsp3) is 0.429. The summed E-state index contributed by atoms with van der Waals surface area (Å²) in [6, 6.07) is 7.80. The quantitative estimate of drug-likeness (QED) is 0.784. The highest BCUT2D eigenvalue weighted by Crippen LogP contribution is 2.31. The van der Waals surface area contributed by atoms with Gasteiger partial charge in [0.05, 0.1) is 17.2 Å². The second kappa shape index (κ2) is 7.67. The fourth-order valence-electron chi connectivity index (χ4n) is 3.95. The molecule has 7 nitrogen and oxygen atoms in total. The first-order valence-electron chi connectivity index (χ1n) is 9.92. The van der Waals surface area contributed by atoms with Crippen LogP contribution in [0.2, 0.25) is 0 Å². The molecule has 2 aliphatic rings. The summed E-state index contributed by atoms with van der Waals surface area (Å²) in [7, 11) is -3.64. The van der Waals surface area contributed by atoms with Crippen LogP contribution in [-0.2, 0) is 21.2 Å². The zero-order valence-corrected chi connectivity index (χ0v) is 17.3. The molecular formula is C21H25N3O4S. The Morgan fingerprint density at radius 1 is 1.31 bits per heavy atom. The summed E-state index contributed by atoms with van der Waals surface area (Å²) in [5.74, 6) is 1.17. The van der Waals surface area contributed by atoms with E-state index in [-0.39, 0.29) is 28.6 Å². The van der Waals surface area contributed by atoms with Crippen molar-refractivity contribution in [3.05, 3.63) is 53.5 Å². The summed E-state index contributed by atoms with van der Waals surface area (Å²) in [6.45, 7) is 4.03. The SMILES string of the molecule is CC(C)CC(N=C1NS(=O)(=O)c2ccccc21)C(=O)NC1CCCc2occc21. The molecule has 4 rings (SSSR count). The molecule has 2 unspecified atom stereocenters. The number of amidine groups is 1. The van der Waals surface area contributed by atoms with Crippen LogP contribution in [-0.4, -0.2) is 26.2 Å². The van der Waals surface area contributed by atoms with Crippen LogP contribution in [0.25, 0.3) is 0 Å². The van der Waals surface area contributed by atoms with Gasteiger partial charge in [0.15, 0.2) is 0 Å². The minimum absolute atomic E-state index is 0.104. The largest absolute Gasteiger partial charge is 0.469 e. The number of nitrogens with one attached hydrogen (secondary N) is 2. The molecule has 154 valence electrons. The van der Waals surface area contributed by atoms with Gasteiger partial charge < -0.3 is 9.73 Å². The maximum absolute atomic E-state index is 13.1. The number of hydrogen-bond donors (Lipinski definition) is 2. The smallest absolute Gasteiger partial charge is 0.263 e. The highest BCUT2D eigenvalue weighted by Gasteiger charge is 2.33. The van der Waals surface area contributed by atoms with Crippen LogP contribution in [0.3, 0.4) is 0 Å². The predicted molar refractivity (Wildman–Crippen MR) is 109 cm³/mol. The Morgan fingerprint density at radius 3 is 2.90 bits per heavy atom. The molecule has 1 aromatic heterocycles. The molecule has 0 saturated heterocycles. The van der Waals surface area contributed by atoms with Gasteiger partial charge in [0, 0.05) is 17.5 Å². The van der Waals surface area contributed by atoms with Crippen molar-refractivity contribution in [2.24, 2.45) is 10.9 Å². The van der Waals surface area contributed by atoms with Crippen molar-refractivity contribution in [1.29, 1.82) is 0 Å². The average Bonchev–Trinajstić information content (AvgIpc) is 3.25. The minimum atomic E-state index is -3.64. The molecule has 8 heteroatoms. The van der Waals surface area contributed by atoms with Crippen LogP contribution in [0.15, 0.2) is 50.9 Å². The lowest BCUT2D eigenvalue weighted by molar-refractivity contribution is -0.123. The Balaban J connectivity index is 1.61. The van der Waals surface area contributed by atoms with Crippen molar-refractivity contribution in [2.45, 2.75) is 56.5 Å². The van der Waals surface area contributed by atoms with E-state index in [1.165, 1.54) is 0 Å². The minimum Gasteiger partial charge on any atom is -0.469 e. The molecule has 0 bridgehead atoms. The zero-order valence-electron chi connectivity index (χ0n) is 16.5. The second-order valence-electron chi connectivity index (χ2n) is 7.98. The van der Waals surface area contributed by atoms with Crippen LogP contribution >= 0.6 is 0 Å². The molecule has 2 atom stereocenters. The molecule has 2 heterocycles. The first-order valence-corrected chi connectivity index (χ1v) is 11.4. The number of amides is 1.